The van der Waals surface area contributed by atoms with Gasteiger partial charge in [0.1, 0.15) is 11.6 Å². The summed E-state index contributed by atoms with van der Waals surface area (Å²) < 4.78 is 20.2. The minimum atomic E-state index is -0.341. The average Bonchev–Trinajstić information content (AvgIpc) is 2.43. The number of halogens is 3. The number of methoxy groups -OCH3 is 1. The summed E-state index contributed by atoms with van der Waals surface area (Å²) >= 11 is 9.29. The second kappa shape index (κ2) is 6.57. The molecule has 0 saturated carbocycles. The monoisotopic (exact) mass is 357 g/mol. The van der Waals surface area contributed by atoms with E-state index in [9.17, 15) is 4.39 Å². The maximum Gasteiger partial charge on any atom is 0.129 e. The summed E-state index contributed by atoms with van der Waals surface area (Å²) in [7, 11) is 3.38. The van der Waals surface area contributed by atoms with Crippen LogP contribution in [0.4, 0.5) is 4.39 Å². The molecule has 0 fully saturated rings. The van der Waals surface area contributed by atoms with Gasteiger partial charge >= 0.3 is 0 Å². The average molecular weight is 359 g/mol. The molecule has 0 amide bonds. The first kappa shape index (κ1) is 15.3. The molecule has 20 heavy (non-hydrogen) atoms. The Morgan fingerprint density at radius 1 is 1.20 bits per heavy atom. The van der Waals surface area contributed by atoms with Crippen molar-refractivity contribution in [2.45, 2.75) is 6.04 Å². The Labute approximate surface area is 131 Å². The standard InChI is InChI=1S/C15H14BrClFNO/c1-19-15(11-5-3-9(17)7-14(11)18)12-8-10(20-2)4-6-13(12)16/h3-8,15,19H,1-2H3. The maximum absolute atomic E-state index is 14.1. The Hall–Kier alpha value is -1.10. The van der Waals surface area contributed by atoms with Gasteiger partial charge in [-0.1, -0.05) is 33.6 Å². The van der Waals surface area contributed by atoms with Crippen molar-refractivity contribution in [3.63, 3.8) is 0 Å². The molecule has 0 aromatic heterocycles. The number of rotatable bonds is 4. The molecule has 2 nitrogen and oxygen atoms in total. The predicted molar refractivity (Wildman–Crippen MR) is 83.0 cm³/mol. The maximum atomic E-state index is 14.1. The normalized spacial score (nSPS) is 12.2. The quantitative estimate of drug-likeness (QED) is 0.865. The van der Waals surface area contributed by atoms with Crippen molar-refractivity contribution in [1.82, 2.24) is 5.32 Å². The van der Waals surface area contributed by atoms with E-state index in [-0.39, 0.29) is 11.9 Å². The van der Waals surface area contributed by atoms with E-state index in [0.29, 0.717) is 10.6 Å². The molecule has 1 N–H and O–H groups in total. The van der Waals surface area contributed by atoms with Gasteiger partial charge in [-0.05, 0) is 42.9 Å². The van der Waals surface area contributed by atoms with Crippen LogP contribution in [0.3, 0.4) is 0 Å². The van der Waals surface area contributed by atoms with Gasteiger partial charge in [0.25, 0.3) is 0 Å². The van der Waals surface area contributed by atoms with Crippen molar-refractivity contribution < 1.29 is 9.13 Å². The van der Waals surface area contributed by atoms with E-state index in [2.05, 4.69) is 21.2 Å². The third-order valence-electron chi connectivity index (χ3n) is 3.08. The molecular formula is C15H14BrClFNO. The van der Waals surface area contributed by atoms with Gasteiger partial charge in [-0.15, -0.1) is 0 Å². The Balaban J connectivity index is 2.51. The van der Waals surface area contributed by atoms with Crippen LogP contribution in [0, 0.1) is 5.82 Å². The van der Waals surface area contributed by atoms with Crippen LogP contribution in [0.5, 0.6) is 5.75 Å². The molecule has 1 atom stereocenters. The van der Waals surface area contributed by atoms with Crippen LogP contribution < -0.4 is 10.1 Å². The Bertz CT molecular complexity index is 621. The van der Waals surface area contributed by atoms with Crippen LogP contribution in [0.15, 0.2) is 40.9 Å². The third-order valence-corrected chi connectivity index (χ3v) is 4.03. The lowest BCUT2D eigenvalue weighted by Crippen LogP contribution is -2.19. The largest absolute Gasteiger partial charge is 0.497 e. The topological polar surface area (TPSA) is 21.3 Å². The fraction of sp³-hybridized carbons (Fsp3) is 0.200. The van der Waals surface area contributed by atoms with Crippen molar-refractivity contribution in [2.24, 2.45) is 0 Å². The number of hydrogen-bond acceptors (Lipinski definition) is 2. The summed E-state index contributed by atoms with van der Waals surface area (Å²) in [5.74, 6) is 0.379. The molecule has 0 saturated heterocycles. The molecule has 0 aliphatic carbocycles. The lowest BCUT2D eigenvalue weighted by Gasteiger charge is -2.20. The van der Waals surface area contributed by atoms with E-state index in [1.165, 1.54) is 6.07 Å². The highest BCUT2D eigenvalue weighted by atomic mass is 79.9. The summed E-state index contributed by atoms with van der Waals surface area (Å²) in [5.41, 5.74) is 1.43. The van der Waals surface area contributed by atoms with E-state index >= 15 is 0 Å². The summed E-state index contributed by atoms with van der Waals surface area (Å²) in [6.45, 7) is 0. The molecule has 106 valence electrons. The SMILES string of the molecule is CNC(c1ccc(Cl)cc1F)c1cc(OC)ccc1Br. The fourth-order valence-electron chi connectivity index (χ4n) is 2.08. The molecule has 2 aromatic rings. The third kappa shape index (κ3) is 3.14. The van der Waals surface area contributed by atoms with Gasteiger partial charge in [0, 0.05) is 15.1 Å². The molecule has 0 bridgehead atoms. The van der Waals surface area contributed by atoms with Crippen molar-refractivity contribution in [3.8, 4) is 5.75 Å². The Morgan fingerprint density at radius 2 is 1.95 bits per heavy atom. The first-order chi connectivity index (χ1) is 9.56. The molecule has 1 unspecified atom stereocenters. The van der Waals surface area contributed by atoms with E-state index in [0.717, 1.165) is 15.8 Å². The van der Waals surface area contributed by atoms with Crippen LogP contribution in [-0.2, 0) is 0 Å². The smallest absolute Gasteiger partial charge is 0.129 e. The van der Waals surface area contributed by atoms with Gasteiger partial charge in [-0.3, -0.25) is 0 Å². The number of benzene rings is 2. The molecular weight excluding hydrogens is 345 g/mol. The number of nitrogens with one attached hydrogen (secondary N) is 1. The van der Waals surface area contributed by atoms with Crippen LogP contribution in [-0.4, -0.2) is 14.2 Å². The van der Waals surface area contributed by atoms with Gasteiger partial charge < -0.3 is 10.1 Å². The van der Waals surface area contributed by atoms with Gasteiger partial charge in [0.05, 0.1) is 13.2 Å². The Morgan fingerprint density at radius 3 is 2.55 bits per heavy atom. The summed E-state index contributed by atoms with van der Waals surface area (Å²) in [4.78, 5) is 0. The van der Waals surface area contributed by atoms with Gasteiger partial charge in [0.15, 0.2) is 0 Å². The lowest BCUT2D eigenvalue weighted by atomic mass is 9.98. The van der Waals surface area contributed by atoms with Crippen molar-refractivity contribution in [3.05, 3.63) is 62.8 Å². The van der Waals surface area contributed by atoms with E-state index in [4.69, 9.17) is 16.3 Å². The van der Waals surface area contributed by atoms with Crippen LogP contribution in [0.25, 0.3) is 0 Å². The zero-order valence-electron chi connectivity index (χ0n) is 11.1. The summed E-state index contributed by atoms with van der Waals surface area (Å²) in [6.07, 6.45) is 0. The fourth-order valence-corrected chi connectivity index (χ4v) is 2.72. The van der Waals surface area contributed by atoms with Crippen molar-refractivity contribution >= 4 is 27.5 Å². The van der Waals surface area contributed by atoms with E-state index in [1.54, 1.807) is 26.3 Å². The van der Waals surface area contributed by atoms with E-state index < -0.39 is 0 Å². The lowest BCUT2D eigenvalue weighted by molar-refractivity contribution is 0.413. The highest BCUT2D eigenvalue weighted by molar-refractivity contribution is 9.10. The van der Waals surface area contributed by atoms with Crippen LogP contribution >= 0.6 is 27.5 Å². The summed E-state index contributed by atoms with van der Waals surface area (Å²) in [6, 6.07) is 9.99. The number of hydrogen-bond donors (Lipinski definition) is 1. The second-order valence-electron chi connectivity index (χ2n) is 4.27. The molecule has 0 heterocycles. The highest BCUT2D eigenvalue weighted by Crippen LogP contribution is 2.33. The zero-order chi connectivity index (χ0) is 14.7. The Kier molecular flexibility index (Phi) is 5.02. The molecule has 0 radical (unpaired) electrons. The molecule has 0 aliphatic heterocycles. The highest BCUT2D eigenvalue weighted by Gasteiger charge is 2.19. The van der Waals surface area contributed by atoms with Gasteiger partial charge in [-0.25, -0.2) is 4.39 Å². The van der Waals surface area contributed by atoms with E-state index in [1.807, 2.05) is 18.2 Å². The summed E-state index contributed by atoms with van der Waals surface area (Å²) in [5, 5.41) is 3.50. The molecule has 2 rings (SSSR count). The van der Waals surface area contributed by atoms with Crippen molar-refractivity contribution in [2.75, 3.05) is 14.2 Å². The van der Waals surface area contributed by atoms with Gasteiger partial charge in [0.2, 0.25) is 0 Å². The molecule has 2 aromatic carbocycles. The minimum absolute atomic E-state index is 0.295. The first-order valence-electron chi connectivity index (χ1n) is 6.02. The number of ether oxygens (including phenoxy) is 1. The molecule has 0 aliphatic rings. The van der Waals surface area contributed by atoms with Gasteiger partial charge in [-0.2, -0.15) is 0 Å². The predicted octanol–water partition coefficient (Wildman–Crippen LogP) is 4.56. The zero-order valence-corrected chi connectivity index (χ0v) is 13.4. The second-order valence-corrected chi connectivity index (χ2v) is 5.57. The molecule has 0 spiro atoms. The first-order valence-corrected chi connectivity index (χ1v) is 7.19. The minimum Gasteiger partial charge on any atom is -0.497 e. The van der Waals surface area contributed by atoms with Crippen molar-refractivity contribution in [1.29, 1.82) is 0 Å². The molecule has 5 heteroatoms. The van der Waals surface area contributed by atoms with Crippen LogP contribution in [0.1, 0.15) is 17.2 Å². The van der Waals surface area contributed by atoms with Crippen LogP contribution in [0.2, 0.25) is 5.02 Å².